The molecule has 2 amide bonds. The Morgan fingerprint density at radius 2 is 1.65 bits per heavy atom. The van der Waals surface area contributed by atoms with E-state index in [0.717, 1.165) is 22.5 Å². The highest BCUT2D eigenvalue weighted by Crippen LogP contribution is 2.26. The molecular formula is C24H31Cl2N3O4S. The molecule has 0 radical (unpaired) electrons. The molecule has 1 N–H and O–H groups in total. The van der Waals surface area contributed by atoms with Crippen molar-refractivity contribution in [3.05, 3.63) is 63.6 Å². The predicted octanol–water partition coefficient (Wildman–Crippen LogP) is 4.40. The van der Waals surface area contributed by atoms with Crippen molar-refractivity contribution < 1.29 is 18.0 Å². The van der Waals surface area contributed by atoms with Crippen LogP contribution in [0, 0.1) is 6.92 Å². The number of nitrogens with zero attached hydrogens (tertiary/aromatic N) is 2. The fraction of sp³-hybridized carbons (Fsp3) is 0.417. The summed E-state index contributed by atoms with van der Waals surface area (Å²) in [5.41, 5.74) is 1.74. The summed E-state index contributed by atoms with van der Waals surface area (Å²) in [7, 11) is -3.80. The molecule has 0 aromatic heterocycles. The van der Waals surface area contributed by atoms with Crippen molar-refractivity contribution in [1.29, 1.82) is 0 Å². The lowest BCUT2D eigenvalue weighted by molar-refractivity contribution is -0.140. The van der Waals surface area contributed by atoms with Gasteiger partial charge in [0.2, 0.25) is 21.8 Å². The minimum absolute atomic E-state index is 0.130. The van der Waals surface area contributed by atoms with Crippen LogP contribution < -0.4 is 9.62 Å². The molecule has 1 atom stereocenters. The van der Waals surface area contributed by atoms with E-state index in [4.69, 9.17) is 23.2 Å². The largest absolute Gasteiger partial charge is 0.354 e. The van der Waals surface area contributed by atoms with E-state index in [2.05, 4.69) is 5.32 Å². The van der Waals surface area contributed by atoms with E-state index >= 15 is 0 Å². The second-order valence-corrected chi connectivity index (χ2v) is 10.8. The van der Waals surface area contributed by atoms with E-state index < -0.39 is 28.5 Å². The Morgan fingerprint density at radius 3 is 2.18 bits per heavy atom. The van der Waals surface area contributed by atoms with Crippen LogP contribution >= 0.6 is 23.2 Å². The number of carbonyl (C=O) groups is 2. The van der Waals surface area contributed by atoms with Crippen molar-refractivity contribution in [2.45, 2.75) is 46.2 Å². The molecule has 0 saturated carbocycles. The monoisotopic (exact) mass is 527 g/mol. The minimum Gasteiger partial charge on any atom is -0.354 e. The highest BCUT2D eigenvalue weighted by Gasteiger charge is 2.32. The number of hydrogen-bond acceptors (Lipinski definition) is 4. The Balaban J connectivity index is 2.44. The molecule has 10 heteroatoms. The lowest BCUT2D eigenvalue weighted by Crippen LogP contribution is -2.52. The minimum atomic E-state index is -3.80. The lowest BCUT2D eigenvalue weighted by atomic mass is 10.1. The van der Waals surface area contributed by atoms with Gasteiger partial charge in [-0.1, -0.05) is 49.2 Å². The number of aryl methyl sites for hydroxylation is 1. The highest BCUT2D eigenvalue weighted by atomic mass is 35.5. The standard InChI is InChI=1S/C24H31Cl2N3O4S/c1-5-13-27-24(31)21(6-2)28(15-18-7-9-19(25)10-8-18)23(30)16-29(34(4,32)33)22-12-11-20(26)14-17(22)3/h7-12,14,21H,5-6,13,15-16H2,1-4H3,(H,27,31). The highest BCUT2D eigenvalue weighted by molar-refractivity contribution is 7.92. The molecule has 186 valence electrons. The summed E-state index contributed by atoms with van der Waals surface area (Å²) >= 11 is 12.0. The average Bonchev–Trinajstić information content (AvgIpc) is 2.76. The number of halogens is 2. The number of anilines is 1. The summed E-state index contributed by atoms with van der Waals surface area (Å²) in [5.74, 6) is -0.770. The molecule has 1 unspecified atom stereocenters. The van der Waals surface area contributed by atoms with E-state index in [0.29, 0.717) is 34.3 Å². The van der Waals surface area contributed by atoms with E-state index in [1.54, 1.807) is 49.4 Å². The van der Waals surface area contributed by atoms with Gasteiger partial charge in [-0.05, 0) is 61.2 Å². The fourth-order valence-electron chi connectivity index (χ4n) is 3.57. The van der Waals surface area contributed by atoms with Crippen molar-refractivity contribution in [3.8, 4) is 0 Å². The third kappa shape index (κ3) is 7.61. The van der Waals surface area contributed by atoms with Crippen molar-refractivity contribution in [2.24, 2.45) is 0 Å². The quantitative estimate of drug-likeness (QED) is 0.469. The zero-order chi connectivity index (χ0) is 25.5. The summed E-state index contributed by atoms with van der Waals surface area (Å²) in [6.07, 6.45) is 2.17. The smallest absolute Gasteiger partial charge is 0.244 e. The SMILES string of the molecule is CCCNC(=O)C(CC)N(Cc1ccc(Cl)cc1)C(=O)CN(c1ccc(Cl)cc1C)S(C)(=O)=O. The number of nitrogens with one attached hydrogen (secondary N) is 1. The molecule has 2 aromatic carbocycles. The molecule has 0 spiro atoms. The van der Waals surface area contributed by atoms with Crippen LogP contribution in [0.5, 0.6) is 0 Å². The van der Waals surface area contributed by atoms with Gasteiger partial charge in [-0.3, -0.25) is 13.9 Å². The maximum absolute atomic E-state index is 13.6. The average molecular weight is 529 g/mol. The first kappa shape index (κ1) is 28.0. The predicted molar refractivity (Wildman–Crippen MR) is 138 cm³/mol. The molecule has 0 heterocycles. The van der Waals surface area contributed by atoms with Gasteiger partial charge in [0.15, 0.2) is 0 Å². The number of carbonyl (C=O) groups excluding carboxylic acids is 2. The van der Waals surface area contributed by atoms with Crippen LogP contribution in [0.3, 0.4) is 0 Å². The van der Waals surface area contributed by atoms with Crippen LogP contribution in [0.1, 0.15) is 37.8 Å². The first-order chi connectivity index (χ1) is 16.0. The van der Waals surface area contributed by atoms with Gasteiger partial charge in [0, 0.05) is 23.1 Å². The second kappa shape index (κ2) is 12.4. The number of rotatable bonds is 11. The van der Waals surface area contributed by atoms with Gasteiger partial charge < -0.3 is 10.2 Å². The molecule has 0 aliphatic rings. The van der Waals surface area contributed by atoms with Gasteiger partial charge in [-0.15, -0.1) is 0 Å². The Labute approximate surface area is 212 Å². The van der Waals surface area contributed by atoms with Crippen molar-refractivity contribution in [2.75, 3.05) is 23.7 Å². The van der Waals surface area contributed by atoms with Crippen LogP contribution in [0.15, 0.2) is 42.5 Å². The van der Waals surface area contributed by atoms with Crippen LogP contribution in [-0.2, 0) is 26.2 Å². The maximum atomic E-state index is 13.6. The van der Waals surface area contributed by atoms with Crippen molar-refractivity contribution in [3.63, 3.8) is 0 Å². The van der Waals surface area contributed by atoms with Gasteiger partial charge in [0.1, 0.15) is 12.6 Å². The number of benzene rings is 2. The van der Waals surface area contributed by atoms with Crippen LogP contribution in [0.4, 0.5) is 5.69 Å². The number of amides is 2. The third-order valence-electron chi connectivity index (χ3n) is 5.31. The Bertz CT molecular complexity index is 1110. The molecule has 0 saturated heterocycles. The van der Waals surface area contributed by atoms with Crippen LogP contribution in [0.2, 0.25) is 10.0 Å². The molecule has 7 nitrogen and oxygen atoms in total. The summed E-state index contributed by atoms with van der Waals surface area (Å²) < 4.78 is 26.4. The van der Waals surface area contributed by atoms with Crippen LogP contribution in [-0.4, -0.2) is 50.5 Å². The van der Waals surface area contributed by atoms with Gasteiger partial charge >= 0.3 is 0 Å². The van der Waals surface area contributed by atoms with Crippen molar-refractivity contribution >= 4 is 50.7 Å². The van der Waals surface area contributed by atoms with Crippen LogP contribution in [0.25, 0.3) is 0 Å². The van der Waals surface area contributed by atoms with Gasteiger partial charge in [0.05, 0.1) is 11.9 Å². The van der Waals surface area contributed by atoms with Gasteiger partial charge in [-0.25, -0.2) is 8.42 Å². The molecule has 0 fully saturated rings. The summed E-state index contributed by atoms with van der Waals surface area (Å²) in [5, 5.41) is 3.86. The summed E-state index contributed by atoms with van der Waals surface area (Å²) in [6, 6.07) is 11.0. The summed E-state index contributed by atoms with van der Waals surface area (Å²) in [6.45, 7) is 5.64. The van der Waals surface area contributed by atoms with E-state index in [1.165, 1.54) is 4.90 Å². The van der Waals surface area contributed by atoms with E-state index in [9.17, 15) is 18.0 Å². The Kier molecular flexibility index (Phi) is 10.2. The molecule has 0 aliphatic heterocycles. The van der Waals surface area contributed by atoms with Gasteiger partial charge in [0.25, 0.3) is 0 Å². The summed E-state index contributed by atoms with van der Waals surface area (Å²) in [4.78, 5) is 27.9. The lowest BCUT2D eigenvalue weighted by Gasteiger charge is -2.33. The molecule has 0 bridgehead atoms. The Hall–Kier alpha value is -2.29. The zero-order valence-corrected chi connectivity index (χ0v) is 22.2. The first-order valence-electron chi connectivity index (χ1n) is 11.0. The fourth-order valence-corrected chi connectivity index (χ4v) is 4.83. The zero-order valence-electron chi connectivity index (χ0n) is 19.8. The first-order valence-corrected chi connectivity index (χ1v) is 13.6. The van der Waals surface area contributed by atoms with Gasteiger partial charge in [-0.2, -0.15) is 0 Å². The van der Waals surface area contributed by atoms with E-state index in [-0.39, 0.29) is 12.5 Å². The van der Waals surface area contributed by atoms with E-state index in [1.807, 2.05) is 13.8 Å². The molecular weight excluding hydrogens is 497 g/mol. The molecule has 2 rings (SSSR count). The molecule has 0 aliphatic carbocycles. The third-order valence-corrected chi connectivity index (χ3v) is 6.92. The molecule has 34 heavy (non-hydrogen) atoms. The maximum Gasteiger partial charge on any atom is 0.244 e. The normalized spacial score (nSPS) is 12.2. The number of sulfonamides is 1. The topological polar surface area (TPSA) is 86.8 Å². The second-order valence-electron chi connectivity index (χ2n) is 8.06. The number of hydrogen-bond donors (Lipinski definition) is 1. The van der Waals surface area contributed by atoms with Crippen molar-refractivity contribution in [1.82, 2.24) is 10.2 Å². The molecule has 2 aromatic rings. The Morgan fingerprint density at radius 1 is 1.03 bits per heavy atom.